The largest absolute Gasteiger partial charge is 0.451 e. The van der Waals surface area contributed by atoms with Gasteiger partial charge in [-0.25, -0.2) is 9.78 Å². The number of hydrogen-bond donors (Lipinski definition) is 0. The molecule has 0 aliphatic rings. The molecule has 4 heteroatoms. The SMILES string of the molecule is Cc1ccc(C(=O)C(C)OC(=O)c2cc(-c3ccccc3)nc3ccc(C)cc23)cc1. The lowest BCUT2D eigenvalue weighted by Crippen LogP contribution is -2.24. The van der Waals surface area contributed by atoms with Crippen molar-refractivity contribution in [2.45, 2.75) is 26.9 Å². The van der Waals surface area contributed by atoms with Crippen molar-refractivity contribution >= 4 is 22.7 Å². The Balaban J connectivity index is 1.70. The first kappa shape index (κ1) is 20.5. The number of rotatable bonds is 5. The summed E-state index contributed by atoms with van der Waals surface area (Å²) in [5.74, 6) is -0.769. The van der Waals surface area contributed by atoms with Gasteiger partial charge in [0.25, 0.3) is 0 Å². The molecule has 31 heavy (non-hydrogen) atoms. The van der Waals surface area contributed by atoms with Crippen LogP contribution < -0.4 is 0 Å². The zero-order valence-corrected chi connectivity index (χ0v) is 17.8. The molecule has 0 amide bonds. The minimum Gasteiger partial charge on any atom is -0.451 e. The van der Waals surface area contributed by atoms with E-state index in [1.54, 1.807) is 25.1 Å². The van der Waals surface area contributed by atoms with E-state index in [0.29, 0.717) is 27.7 Å². The fourth-order valence-corrected chi connectivity index (χ4v) is 3.50. The van der Waals surface area contributed by atoms with Crippen LogP contribution in [0.25, 0.3) is 22.2 Å². The second-order valence-electron chi connectivity index (χ2n) is 7.72. The van der Waals surface area contributed by atoms with Crippen LogP contribution in [0.15, 0.2) is 78.9 Å². The number of hydrogen-bond acceptors (Lipinski definition) is 4. The molecule has 0 spiro atoms. The third-order valence-electron chi connectivity index (χ3n) is 5.24. The van der Waals surface area contributed by atoms with Gasteiger partial charge in [0, 0.05) is 16.5 Å². The Bertz CT molecular complexity index is 1260. The number of pyridine rings is 1. The molecule has 0 aliphatic carbocycles. The Labute approximate surface area is 181 Å². The van der Waals surface area contributed by atoms with Gasteiger partial charge in [0.2, 0.25) is 5.78 Å². The maximum atomic E-state index is 13.2. The number of benzene rings is 3. The zero-order valence-electron chi connectivity index (χ0n) is 17.8. The molecular weight excluding hydrogens is 386 g/mol. The molecule has 0 fully saturated rings. The van der Waals surface area contributed by atoms with Gasteiger partial charge in [0.1, 0.15) is 0 Å². The molecule has 0 saturated carbocycles. The molecule has 0 N–H and O–H groups in total. The molecule has 0 aliphatic heterocycles. The van der Waals surface area contributed by atoms with Crippen LogP contribution in [0.5, 0.6) is 0 Å². The molecule has 1 unspecified atom stereocenters. The maximum absolute atomic E-state index is 13.2. The fraction of sp³-hybridized carbons (Fsp3) is 0.148. The van der Waals surface area contributed by atoms with Crippen LogP contribution >= 0.6 is 0 Å². The summed E-state index contributed by atoms with van der Waals surface area (Å²) in [6.07, 6.45) is -0.900. The van der Waals surface area contributed by atoms with Crippen LogP contribution in [0.1, 0.15) is 38.8 Å². The molecule has 3 aromatic carbocycles. The lowest BCUT2D eigenvalue weighted by Gasteiger charge is -2.15. The van der Waals surface area contributed by atoms with Crippen molar-refractivity contribution in [3.63, 3.8) is 0 Å². The average molecular weight is 409 g/mol. The normalized spacial score (nSPS) is 11.8. The predicted octanol–water partition coefficient (Wildman–Crippen LogP) is 5.95. The third-order valence-corrected chi connectivity index (χ3v) is 5.24. The summed E-state index contributed by atoms with van der Waals surface area (Å²) in [7, 11) is 0. The van der Waals surface area contributed by atoms with E-state index in [1.165, 1.54) is 0 Å². The number of carbonyl (C=O) groups excluding carboxylic acids is 2. The number of nitrogens with zero attached hydrogens (tertiary/aromatic N) is 1. The highest BCUT2D eigenvalue weighted by atomic mass is 16.5. The summed E-state index contributed by atoms with van der Waals surface area (Å²) in [4.78, 5) is 30.6. The molecule has 4 nitrogen and oxygen atoms in total. The van der Waals surface area contributed by atoms with E-state index in [1.807, 2.05) is 74.5 Å². The standard InChI is InChI=1S/C27H23NO3/c1-17-9-12-21(13-10-17)26(29)19(3)31-27(30)23-16-25(20-7-5-4-6-8-20)28-24-14-11-18(2)15-22(23)24/h4-16,19H,1-3H3. The van der Waals surface area contributed by atoms with E-state index in [-0.39, 0.29) is 5.78 Å². The van der Waals surface area contributed by atoms with Crippen molar-refractivity contribution in [3.05, 3.63) is 101 Å². The first-order valence-electron chi connectivity index (χ1n) is 10.2. The number of aryl methyl sites for hydroxylation is 2. The summed E-state index contributed by atoms with van der Waals surface area (Å²) in [5, 5.41) is 0.708. The minimum absolute atomic E-state index is 0.230. The molecule has 0 radical (unpaired) electrons. The number of fused-ring (bicyclic) bond motifs is 1. The van der Waals surface area contributed by atoms with Gasteiger partial charge in [-0.3, -0.25) is 4.79 Å². The van der Waals surface area contributed by atoms with Gasteiger partial charge in [0.05, 0.1) is 16.8 Å². The van der Waals surface area contributed by atoms with E-state index in [9.17, 15) is 9.59 Å². The van der Waals surface area contributed by atoms with Crippen LogP contribution in [-0.4, -0.2) is 22.8 Å². The lowest BCUT2D eigenvalue weighted by molar-refractivity contribution is 0.0320. The van der Waals surface area contributed by atoms with Crippen LogP contribution in [0, 0.1) is 13.8 Å². The number of esters is 1. The Kier molecular flexibility index (Phi) is 5.63. The van der Waals surface area contributed by atoms with Crippen molar-refractivity contribution in [2.75, 3.05) is 0 Å². The summed E-state index contributed by atoms with van der Waals surface area (Å²) in [6.45, 7) is 5.52. The smallest absolute Gasteiger partial charge is 0.339 e. The van der Waals surface area contributed by atoms with Gasteiger partial charge < -0.3 is 4.74 Å². The van der Waals surface area contributed by atoms with E-state index >= 15 is 0 Å². The summed E-state index contributed by atoms with van der Waals surface area (Å²) < 4.78 is 5.61. The highest BCUT2D eigenvalue weighted by Crippen LogP contribution is 2.26. The second-order valence-corrected chi connectivity index (χ2v) is 7.72. The van der Waals surface area contributed by atoms with Gasteiger partial charge in [-0.2, -0.15) is 0 Å². The Hall–Kier alpha value is -3.79. The minimum atomic E-state index is -0.900. The van der Waals surface area contributed by atoms with Crippen LogP contribution in [0.3, 0.4) is 0 Å². The van der Waals surface area contributed by atoms with Crippen molar-refractivity contribution in [3.8, 4) is 11.3 Å². The average Bonchev–Trinajstić information content (AvgIpc) is 2.79. The van der Waals surface area contributed by atoms with Gasteiger partial charge in [0.15, 0.2) is 6.10 Å². The predicted molar refractivity (Wildman–Crippen MR) is 122 cm³/mol. The Morgan fingerprint density at radius 1 is 0.839 bits per heavy atom. The second kappa shape index (κ2) is 8.52. The van der Waals surface area contributed by atoms with Gasteiger partial charge in [-0.1, -0.05) is 71.8 Å². The van der Waals surface area contributed by atoms with E-state index < -0.39 is 12.1 Å². The summed E-state index contributed by atoms with van der Waals surface area (Å²) in [5.41, 5.74) is 5.29. The van der Waals surface area contributed by atoms with Gasteiger partial charge in [-0.05, 0) is 39.0 Å². The molecule has 154 valence electrons. The molecular formula is C27H23NO3. The highest BCUT2D eigenvalue weighted by Gasteiger charge is 2.22. The molecule has 1 aromatic heterocycles. The number of aromatic nitrogens is 1. The molecule has 4 rings (SSSR count). The quantitative estimate of drug-likeness (QED) is 0.302. The molecule has 0 bridgehead atoms. The lowest BCUT2D eigenvalue weighted by atomic mass is 10.0. The fourth-order valence-electron chi connectivity index (χ4n) is 3.50. The van der Waals surface area contributed by atoms with Crippen LogP contribution in [0.4, 0.5) is 0 Å². The molecule has 4 aromatic rings. The van der Waals surface area contributed by atoms with Crippen molar-refractivity contribution in [2.24, 2.45) is 0 Å². The van der Waals surface area contributed by atoms with Gasteiger partial charge in [-0.15, -0.1) is 0 Å². The van der Waals surface area contributed by atoms with E-state index in [2.05, 4.69) is 0 Å². The summed E-state index contributed by atoms with van der Waals surface area (Å²) in [6, 6.07) is 24.4. The maximum Gasteiger partial charge on any atom is 0.339 e. The van der Waals surface area contributed by atoms with E-state index in [4.69, 9.17) is 9.72 Å². The van der Waals surface area contributed by atoms with Crippen molar-refractivity contribution in [1.82, 2.24) is 4.98 Å². The molecule has 0 saturated heterocycles. The monoisotopic (exact) mass is 409 g/mol. The molecule has 1 atom stereocenters. The number of ether oxygens (including phenoxy) is 1. The first-order valence-corrected chi connectivity index (χ1v) is 10.2. The molecule has 1 heterocycles. The third kappa shape index (κ3) is 4.38. The van der Waals surface area contributed by atoms with E-state index in [0.717, 1.165) is 16.7 Å². The number of ketones is 1. The van der Waals surface area contributed by atoms with Crippen LogP contribution in [0.2, 0.25) is 0 Å². The van der Waals surface area contributed by atoms with Gasteiger partial charge >= 0.3 is 5.97 Å². The summed E-state index contributed by atoms with van der Waals surface area (Å²) >= 11 is 0. The number of Topliss-reactive ketones (excluding diaryl/α,β-unsaturated/α-hetero) is 1. The van der Waals surface area contributed by atoms with Crippen molar-refractivity contribution < 1.29 is 14.3 Å². The first-order chi connectivity index (χ1) is 14.9. The van der Waals surface area contributed by atoms with Crippen LogP contribution in [-0.2, 0) is 4.74 Å². The van der Waals surface area contributed by atoms with Crippen molar-refractivity contribution in [1.29, 1.82) is 0 Å². The Morgan fingerprint density at radius 2 is 1.52 bits per heavy atom. The topological polar surface area (TPSA) is 56.3 Å². The highest BCUT2D eigenvalue weighted by molar-refractivity contribution is 6.07. The Morgan fingerprint density at radius 3 is 2.23 bits per heavy atom. The zero-order chi connectivity index (χ0) is 22.0. The number of carbonyl (C=O) groups is 2.